The van der Waals surface area contributed by atoms with E-state index < -0.39 is 54.2 Å². The molecule has 1 N–H and O–H groups in total. The Bertz CT molecular complexity index is 606. The lowest BCUT2D eigenvalue weighted by atomic mass is 9.91. The van der Waals surface area contributed by atoms with Crippen LogP contribution in [-0.4, -0.2) is 54.2 Å². The number of nitrogens with one attached hydrogen (secondary N) is 1. The lowest BCUT2D eigenvalue weighted by Gasteiger charge is -2.41. The van der Waals surface area contributed by atoms with Crippen molar-refractivity contribution >= 4 is 5.91 Å². The minimum absolute atomic E-state index is 0.0962. The van der Waals surface area contributed by atoms with Gasteiger partial charge in [0.1, 0.15) is 0 Å². The van der Waals surface area contributed by atoms with Crippen molar-refractivity contribution in [3.63, 3.8) is 0 Å². The molecule has 28 heavy (non-hydrogen) atoms. The summed E-state index contributed by atoms with van der Waals surface area (Å²) in [5.74, 6) is -48.7. The lowest BCUT2D eigenvalue weighted by molar-refractivity contribution is -0.451. The van der Waals surface area contributed by atoms with E-state index in [9.17, 15) is 70.7 Å². The predicted molar refractivity (Wildman–Crippen MR) is 58.9 cm³/mol. The molecule has 0 unspecified atom stereocenters. The van der Waals surface area contributed by atoms with Crippen LogP contribution < -0.4 is 5.32 Å². The first-order valence-electron chi connectivity index (χ1n) is 6.19. The molecule has 0 rings (SSSR count). The maximum Gasteiger partial charge on any atom is 0.460 e. The molecule has 1 amide bonds. The summed E-state index contributed by atoms with van der Waals surface area (Å²) in [6.07, 6.45) is -7.55. The van der Waals surface area contributed by atoms with Crippen molar-refractivity contribution in [3.8, 4) is 0 Å². The highest BCUT2D eigenvalue weighted by molar-refractivity contribution is 5.86. The molecular formula is C11H6F15NO. The Hall–Kier alpha value is -1.84. The molecule has 0 heterocycles. The number of carbonyl (C=O) groups excluding carboxylic acids is 1. The van der Waals surface area contributed by atoms with Crippen molar-refractivity contribution in [2.75, 3.05) is 6.54 Å². The zero-order valence-corrected chi connectivity index (χ0v) is 12.6. The highest BCUT2D eigenvalue weighted by Crippen LogP contribution is 2.62. The second-order valence-electron chi connectivity index (χ2n) is 5.00. The number of hydrogen-bond donors (Lipinski definition) is 1. The summed E-state index contributed by atoms with van der Waals surface area (Å²) in [7, 11) is 0. The fourth-order valence-electron chi connectivity index (χ4n) is 1.38. The Labute approximate surface area is 144 Å². The van der Waals surface area contributed by atoms with Gasteiger partial charge in [0.05, 0.1) is 6.54 Å². The third kappa shape index (κ3) is 3.58. The van der Waals surface area contributed by atoms with Gasteiger partial charge in [0, 0.05) is 0 Å². The number of carbonyl (C=O) groups is 1. The van der Waals surface area contributed by atoms with Crippen molar-refractivity contribution in [2.24, 2.45) is 0 Å². The standard InChI is InChI=1S/C11H6F15NO/c1-2-4(28)27-3-5(12,13)6(14,15)7(16,17)8(18,19)9(20,21)10(22,23)11(24,25)26/h2H,1,3H2,(H,27,28). The number of amides is 1. The molecule has 0 atom stereocenters. The minimum atomic E-state index is -8.34. The van der Waals surface area contributed by atoms with E-state index in [0.29, 0.717) is 5.32 Å². The number of alkyl halides is 15. The minimum Gasteiger partial charge on any atom is -0.346 e. The van der Waals surface area contributed by atoms with E-state index >= 15 is 0 Å². The molecule has 17 heteroatoms. The predicted octanol–water partition coefficient (Wildman–Crippen LogP) is 4.66. The fourth-order valence-corrected chi connectivity index (χ4v) is 1.38. The van der Waals surface area contributed by atoms with Gasteiger partial charge in [-0.05, 0) is 6.08 Å². The summed E-state index contributed by atoms with van der Waals surface area (Å²) in [5, 5.41) is 0.715. The molecule has 0 aliphatic rings. The van der Waals surface area contributed by atoms with Gasteiger partial charge >= 0.3 is 41.7 Å². The summed E-state index contributed by atoms with van der Waals surface area (Å²) in [5.41, 5.74) is 0. The van der Waals surface area contributed by atoms with Crippen molar-refractivity contribution in [1.82, 2.24) is 5.32 Å². The Balaban J connectivity index is 6.31. The van der Waals surface area contributed by atoms with Gasteiger partial charge < -0.3 is 5.32 Å². The average Bonchev–Trinajstić information content (AvgIpc) is 2.50. The number of hydrogen-bond acceptors (Lipinski definition) is 1. The molecule has 0 aromatic rings. The Morgan fingerprint density at radius 3 is 1.29 bits per heavy atom. The van der Waals surface area contributed by atoms with Gasteiger partial charge in [-0.2, -0.15) is 65.9 Å². The van der Waals surface area contributed by atoms with Gasteiger partial charge in [-0.1, -0.05) is 6.58 Å². The van der Waals surface area contributed by atoms with Gasteiger partial charge in [0.15, 0.2) is 0 Å². The second-order valence-corrected chi connectivity index (χ2v) is 5.00. The smallest absolute Gasteiger partial charge is 0.346 e. The second kappa shape index (κ2) is 6.89. The van der Waals surface area contributed by atoms with Gasteiger partial charge in [0.25, 0.3) is 0 Å². The van der Waals surface area contributed by atoms with Crippen LogP contribution in [-0.2, 0) is 4.79 Å². The third-order valence-corrected chi connectivity index (χ3v) is 3.06. The normalized spacial score (nSPS) is 15.4. The van der Waals surface area contributed by atoms with Crippen LogP contribution in [0, 0.1) is 0 Å². The number of rotatable bonds is 8. The molecule has 0 bridgehead atoms. The SMILES string of the molecule is C=CC(=O)NCC(F)(F)C(F)(F)C(F)(F)C(F)(F)C(F)(F)C(F)(F)C(F)(F)F. The third-order valence-electron chi connectivity index (χ3n) is 3.06. The molecule has 0 saturated carbocycles. The van der Waals surface area contributed by atoms with Crippen LogP contribution in [0.4, 0.5) is 65.9 Å². The first-order chi connectivity index (χ1) is 12.0. The summed E-state index contributed by atoms with van der Waals surface area (Å²) in [6, 6.07) is 0. The molecule has 0 radical (unpaired) electrons. The first kappa shape index (κ1) is 26.2. The largest absolute Gasteiger partial charge is 0.460 e. The molecule has 0 fully saturated rings. The van der Waals surface area contributed by atoms with Crippen LogP contribution in [0.3, 0.4) is 0 Å². The molecular weight excluding hydrogens is 447 g/mol. The molecule has 0 aromatic heterocycles. The van der Waals surface area contributed by atoms with Crippen molar-refractivity contribution < 1.29 is 70.7 Å². The lowest BCUT2D eigenvalue weighted by Crippen LogP contribution is -2.73. The van der Waals surface area contributed by atoms with Crippen molar-refractivity contribution in [3.05, 3.63) is 12.7 Å². The van der Waals surface area contributed by atoms with Crippen LogP contribution in [0.25, 0.3) is 0 Å². The monoisotopic (exact) mass is 453 g/mol. The van der Waals surface area contributed by atoms with E-state index in [4.69, 9.17) is 0 Å². The van der Waals surface area contributed by atoms with Gasteiger partial charge in [-0.3, -0.25) is 4.79 Å². The molecule has 166 valence electrons. The van der Waals surface area contributed by atoms with E-state index in [2.05, 4.69) is 6.58 Å². The van der Waals surface area contributed by atoms with Crippen molar-refractivity contribution in [1.29, 1.82) is 0 Å². The topological polar surface area (TPSA) is 29.1 Å². The Morgan fingerprint density at radius 2 is 0.964 bits per heavy atom. The number of halogens is 15. The zero-order chi connectivity index (χ0) is 23.2. The molecule has 0 spiro atoms. The maximum atomic E-state index is 13.2. The average molecular weight is 453 g/mol. The molecule has 0 saturated heterocycles. The quantitative estimate of drug-likeness (QED) is 0.421. The van der Waals surface area contributed by atoms with Gasteiger partial charge in [0.2, 0.25) is 5.91 Å². The van der Waals surface area contributed by atoms with Crippen LogP contribution >= 0.6 is 0 Å². The van der Waals surface area contributed by atoms with Gasteiger partial charge in [-0.15, -0.1) is 0 Å². The van der Waals surface area contributed by atoms with Crippen molar-refractivity contribution in [2.45, 2.75) is 41.7 Å². The van der Waals surface area contributed by atoms with Gasteiger partial charge in [-0.25, -0.2) is 0 Å². The van der Waals surface area contributed by atoms with Crippen LogP contribution in [0.1, 0.15) is 0 Å². The first-order valence-corrected chi connectivity index (χ1v) is 6.19. The van der Waals surface area contributed by atoms with E-state index in [1.54, 1.807) is 0 Å². The molecule has 0 aliphatic heterocycles. The Kier molecular flexibility index (Phi) is 6.44. The van der Waals surface area contributed by atoms with Crippen LogP contribution in [0.5, 0.6) is 0 Å². The van der Waals surface area contributed by atoms with Crippen LogP contribution in [0.2, 0.25) is 0 Å². The molecule has 0 aromatic carbocycles. The van der Waals surface area contributed by atoms with E-state index in [1.165, 1.54) is 0 Å². The van der Waals surface area contributed by atoms with E-state index in [0.717, 1.165) is 0 Å². The maximum absolute atomic E-state index is 13.2. The highest BCUT2D eigenvalue weighted by Gasteiger charge is 2.93. The van der Waals surface area contributed by atoms with E-state index in [1.807, 2.05) is 0 Å². The van der Waals surface area contributed by atoms with E-state index in [-0.39, 0.29) is 6.08 Å². The molecule has 2 nitrogen and oxygen atoms in total. The summed E-state index contributed by atoms with van der Waals surface area (Å²) in [4.78, 5) is 10.5. The summed E-state index contributed by atoms with van der Waals surface area (Å²) >= 11 is 0. The highest BCUT2D eigenvalue weighted by atomic mass is 19.4. The van der Waals surface area contributed by atoms with Crippen LogP contribution in [0.15, 0.2) is 12.7 Å². The molecule has 0 aliphatic carbocycles. The zero-order valence-electron chi connectivity index (χ0n) is 12.6. The summed E-state index contributed by atoms with van der Waals surface area (Å²) in [6.45, 7) is -0.327. The Morgan fingerprint density at radius 1 is 0.643 bits per heavy atom. The fraction of sp³-hybridized carbons (Fsp3) is 0.727. The summed E-state index contributed by atoms with van der Waals surface area (Å²) < 4.78 is 192.